The van der Waals surface area contributed by atoms with E-state index in [9.17, 15) is 9.59 Å². The summed E-state index contributed by atoms with van der Waals surface area (Å²) in [6.07, 6.45) is 6.66. The second kappa shape index (κ2) is 6.70. The number of nitrogens with zero attached hydrogens (tertiary/aromatic N) is 2. The molecular weight excluding hydrogens is 314 g/mol. The average Bonchev–Trinajstić information content (AvgIpc) is 3.41. The smallest absolute Gasteiger partial charge is 0.317 e. The zero-order valence-electron chi connectivity index (χ0n) is 14.7. The number of hydrogen-bond donors (Lipinski definition) is 1. The van der Waals surface area contributed by atoms with Gasteiger partial charge in [-0.3, -0.25) is 4.79 Å². The molecule has 3 amide bonds. The van der Waals surface area contributed by atoms with Crippen molar-refractivity contribution in [2.45, 2.75) is 63.1 Å². The highest BCUT2D eigenvalue weighted by Gasteiger charge is 2.46. The molecule has 5 nitrogen and oxygen atoms in total. The van der Waals surface area contributed by atoms with Gasteiger partial charge in [0.2, 0.25) is 5.91 Å². The number of benzene rings is 1. The molecule has 1 atom stereocenters. The van der Waals surface area contributed by atoms with Gasteiger partial charge in [0.15, 0.2) is 0 Å². The van der Waals surface area contributed by atoms with Crippen LogP contribution in [0.15, 0.2) is 30.3 Å². The number of likely N-dealkylation sites (tertiary alicyclic amines) is 2. The number of carbonyl (C=O) groups is 2. The predicted molar refractivity (Wildman–Crippen MR) is 95.9 cm³/mol. The Morgan fingerprint density at radius 3 is 2.68 bits per heavy atom. The fraction of sp³-hybridized carbons (Fsp3) is 0.600. The van der Waals surface area contributed by atoms with E-state index in [4.69, 9.17) is 0 Å². The first-order valence-electron chi connectivity index (χ1n) is 9.56. The third-order valence-corrected chi connectivity index (χ3v) is 5.97. The van der Waals surface area contributed by atoms with Gasteiger partial charge in [0, 0.05) is 37.6 Å². The zero-order chi connectivity index (χ0) is 17.3. The zero-order valence-corrected chi connectivity index (χ0v) is 14.7. The van der Waals surface area contributed by atoms with Gasteiger partial charge in [-0.1, -0.05) is 30.3 Å². The van der Waals surface area contributed by atoms with Crippen molar-refractivity contribution in [3.8, 4) is 0 Å². The highest BCUT2D eigenvalue weighted by molar-refractivity contribution is 5.80. The second-order valence-electron chi connectivity index (χ2n) is 7.75. The van der Waals surface area contributed by atoms with E-state index in [0.717, 1.165) is 51.6 Å². The summed E-state index contributed by atoms with van der Waals surface area (Å²) in [4.78, 5) is 29.0. The maximum atomic E-state index is 12.6. The van der Waals surface area contributed by atoms with Crippen LogP contribution in [0.1, 0.15) is 50.5 Å². The van der Waals surface area contributed by atoms with Crippen LogP contribution in [0.3, 0.4) is 0 Å². The van der Waals surface area contributed by atoms with Crippen LogP contribution < -0.4 is 5.32 Å². The Morgan fingerprint density at radius 2 is 1.92 bits per heavy atom. The third kappa shape index (κ3) is 3.51. The first kappa shape index (κ1) is 16.4. The third-order valence-electron chi connectivity index (χ3n) is 5.97. The van der Waals surface area contributed by atoms with Crippen LogP contribution >= 0.6 is 0 Å². The number of amides is 3. The highest BCUT2D eigenvalue weighted by Crippen LogP contribution is 2.40. The molecule has 1 saturated carbocycles. The average molecular weight is 341 g/mol. The second-order valence-corrected chi connectivity index (χ2v) is 7.75. The van der Waals surface area contributed by atoms with Crippen LogP contribution in [0.5, 0.6) is 0 Å². The maximum absolute atomic E-state index is 12.6. The van der Waals surface area contributed by atoms with Gasteiger partial charge >= 0.3 is 6.03 Å². The Hall–Kier alpha value is -2.04. The summed E-state index contributed by atoms with van der Waals surface area (Å²) >= 11 is 0. The van der Waals surface area contributed by atoms with Gasteiger partial charge in [0.05, 0.1) is 0 Å². The van der Waals surface area contributed by atoms with E-state index in [2.05, 4.69) is 22.3 Å². The predicted octanol–water partition coefficient (Wildman–Crippen LogP) is 2.91. The topological polar surface area (TPSA) is 52.7 Å². The van der Waals surface area contributed by atoms with E-state index in [1.54, 1.807) is 0 Å². The lowest BCUT2D eigenvalue weighted by molar-refractivity contribution is -0.132. The molecule has 0 unspecified atom stereocenters. The molecule has 134 valence electrons. The Kier molecular flexibility index (Phi) is 4.40. The Balaban J connectivity index is 1.45. The molecule has 4 rings (SSSR count). The summed E-state index contributed by atoms with van der Waals surface area (Å²) in [6, 6.07) is 10.7. The van der Waals surface area contributed by atoms with Crippen LogP contribution in [-0.2, 0) is 11.3 Å². The standard InChI is InChI=1S/C20H27N3O2/c24-18-9-11-20(23(18)15-16-5-2-1-3-6-16)10-4-13-22(14-12-20)19(25)21-17-7-8-17/h1-3,5-6,17H,4,7-15H2,(H,21,25)/t20-/m0/s1. The molecule has 0 bridgehead atoms. The van der Waals surface area contributed by atoms with E-state index >= 15 is 0 Å². The fourth-order valence-corrected chi connectivity index (χ4v) is 4.29. The number of nitrogens with one attached hydrogen (secondary N) is 1. The minimum Gasteiger partial charge on any atom is -0.335 e. The number of urea groups is 1. The summed E-state index contributed by atoms with van der Waals surface area (Å²) in [5.41, 5.74) is 1.12. The van der Waals surface area contributed by atoms with Crippen molar-refractivity contribution in [3.05, 3.63) is 35.9 Å². The monoisotopic (exact) mass is 341 g/mol. The van der Waals surface area contributed by atoms with Gasteiger partial charge in [0.25, 0.3) is 0 Å². The molecule has 1 aromatic rings. The Labute approximate surface area is 149 Å². The van der Waals surface area contributed by atoms with Crippen molar-refractivity contribution in [1.82, 2.24) is 15.1 Å². The van der Waals surface area contributed by atoms with Gasteiger partial charge in [0.1, 0.15) is 0 Å². The minimum absolute atomic E-state index is 0.0679. The van der Waals surface area contributed by atoms with E-state index < -0.39 is 0 Å². The molecule has 0 radical (unpaired) electrons. The molecule has 1 aromatic carbocycles. The van der Waals surface area contributed by atoms with Crippen molar-refractivity contribution in [3.63, 3.8) is 0 Å². The normalized spacial score (nSPS) is 26.8. The number of carbonyl (C=O) groups excluding carboxylic acids is 2. The van der Waals surface area contributed by atoms with Gasteiger partial charge in [-0.25, -0.2) is 4.79 Å². The molecule has 25 heavy (non-hydrogen) atoms. The van der Waals surface area contributed by atoms with E-state index in [0.29, 0.717) is 19.0 Å². The van der Waals surface area contributed by atoms with Gasteiger partial charge in [-0.2, -0.15) is 0 Å². The Morgan fingerprint density at radius 1 is 1.12 bits per heavy atom. The molecule has 1 spiro atoms. The van der Waals surface area contributed by atoms with Crippen LogP contribution in [0.25, 0.3) is 0 Å². The summed E-state index contributed by atoms with van der Waals surface area (Å²) in [7, 11) is 0. The molecule has 3 fully saturated rings. The van der Waals surface area contributed by atoms with Crippen molar-refractivity contribution in [2.75, 3.05) is 13.1 Å². The summed E-state index contributed by atoms with van der Waals surface area (Å²) in [6.45, 7) is 2.23. The summed E-state index contributed by atoms with van der Waals surface area (Å²) < 4.78 is 0. The van der Waals surface area contributed by atoms with Crippen molar-refractivity contribution < 1.29 is 9.59 Å². The molecule has 0 aromatic heterocycles. The van der Waals surface area contributed by atoms with Crippen LogP contribution in [0.4, 0.5) is 4.79 Å². The van der Waals surface area contributed by atoms with Crippen molar-refractivity contribution in [1.29, 1.82) is 0 Å². The van der Waals surface area contributed by atoms with Crippen LogP contribution in [0.2, 0.25) is 0 Å². The maximum Gasteiger partial charge on any atom is 0.317 e. The highest BCUT2D eigenvalue weighted by atomic mass is 16.2. The van der Waals surface area contributed by atoms with E-state index in [1.165, 1.54) is 5.56 Å². The lowest BCUT2D eigenvalue weighted by Crippen LogP contribution is -2.47. The van der Waals surface area contributed by atoms with E-state index in [-0.39, 0.29) is 17.5 Å². The molecule has 2 saturated heterocycles. The number of hydrogen-bond acceptors (Lipinski definition) is 2. The summed E-state index contributed by atoms with van der Waals surface area (Å²) in [5.74, 6) is 0.264. The van der Waals surface area contributed by atoms with E-state index in [1.807, 2.05) is 23.1 Å². The molecule has 1 aliphatic carbocycles. The molecular formula is C20H27N3O2. The lowest BCUT2D eigenvalue weighted by atomic mass is 9.87. The molecule has 1 N–H and O–H groups in total. The Bertz CT molecular complexity index is 644. The first-order valence-corrected chi connectivity index (χ1v) is 9.56. The number of rotatable bonds is 3. The molecule has 2 aliphatic heterocycles. The van der Waals surface area contributed by atoms with Crippen molar-refractivity contribution >= 4 is 11.9 Å². The van der Waals surface area contributed by atoms with Gasteiger partial charge in [-0.05, 0) is 44.1 Å². The van der Waals surface area contributed by atoms with Crippen molar-refractivity contribution in [2.24, 2.45) is 0 Å². The largest absolute Gasteiger partial charge is 0.335 e. The molecule has 5 heteroatoms. The lowest BCUT2D eigenvalue weighted by Gasteiger charge is -2.38. The SMILES string of the molecule is O=C(NC1CC1)N1CCC[C@]2(CCC(=O)N2Cc2ccccc2)CC1. The minimum atomic E-state index is -0.0679. The fourth-order valence-electron chi connectivity index (χ4n) is 4.29. The van der Waals surface area contributed by atoms with Gasteiger partial charge < -0.3 is 15.1 Å². The van der Waals surface area contributed by atoms with Gasteiger partial charge in [-0.15, -0.1) is 0 Å². The van der Waals surface area contributed by atoms with Crippen LogP contribution in [-0.4, -0.2) is 46.4 Å². The summed E-state index contributed by atoms with van der Waals surface area (Å²) in [5, 5.41) is 3.10. The quantitative estimate of drug-likeness (QED) is 0.919. The first-order chi connectivity index (χ1) is 12.2. The molecule has 3 aliphatic rings. The van der Waals surface area contributed by atoms with Crippen LogP contribution in [0, 0.1) is 0 Å². The molecule has 2 heterocycles.